The standard InChI is InChI=1S/C29H28F2N2O2/c1-18-14-26-29(27(34)13-11-20-10-12-21-6-3-4-7-22(21)16-20)19(2)32-33(26)28(15-18)35-17-23-24(30)8-5-9-25(23)31/h3-9,14-15,20H,10-13,16-17H2,1-2H3. The van der Waals surface area contributed by atoms with Crippen molar-refractivity contribution in [2.24, 2.45) is 5.92 Å². The lowest BCUT2D eigenvalue weighted by molar-refractivity contribution is 0.0973. The minimum absolute atomic E-state index is 0.0630. The molecule has 180 valence electrons. The van der Waals surface area contributed by atoms with Crippen LogP contribution in [0.2, 0.25) is 0 Å². The van der Waals surface area contributed by atoms with Crippen molar-refractivity contribution in [1.82, 2.24) is 9.61 Å². The Balaban J connectivity index is 1.35. The first-order chi connectivity index (χ1) is 16.9. The number of carbonyl (C=O) groups is 1. The number of rotatable bonds is 7. The number of pyridine rings is 1. The summed E-state index contributed by atoms with van der Waals surface area (Å²) in [5, 5.41) is 4.54. The summed E-state index contributed by atoms with van der Waals surface area (Å²) in [7, 11) is 0. The van der Waals surface area contributed by atoms with Gasteiger partial charge in [-0.3, -0.25) is 4.79 Å². The number of ether oxygens (including phenoxy) is 1. The Morgan fingerprint density at radius 1 is 1.06 bits per heavy atom. The monoisotopic (exact) mass is 474 g/mol. The molecule has 4 nitrogen and oxygen atoms in total. The molecule has 5 rings (SSSR count). The molecule has 0 fully saturated rings. The average molecular weight is 475 g/mol. The zero-order valence-electron chi connectivity index (χ0n) is 20.0. The number of hydrogen-bond acceptors (Lipinski definition) is 3. The molecule has 0 saturated carbocycles. The topological polar surface area (TPSA) is 43.6 Å². The van der Waals surface area contributed by atoms with E-state index in [2.05, 4.69) is 29.4 Å². The van der Waals surface area contributed by atoms with E-state index >= 15 is 0 Å². The highest BCUT2D eigenvalue weighted by atomic mass is 19.1. The van der Waals surface area contributed by atoms with Crippen LogP contribution >= 0.6 is 0 Å². The van der Waals surface area contributed by atoms with Crippen molar-refractivity contribution in [3.8, 4) is 5.88 Å². The fraction of sp³-hybridized carbons (Fsp3) is 0.310. The molecule has 0 aliphatic heterocycles. The van der Waals surface area contributed by atoms with Crippen molar-refractivity contribution in [3.05, 3.63) is 99.7 Å². The van der Waals surface area contributed by atoms with Crippen molar-refractivity contribution in [3.63, 3.8) is 0 Å². The molecule has 2 heterocycles. The van der Waals surface area contributed by atoms with Gasteiger partial charge in [0.25, 0.3) is 0 Å². The second-order valence-electron chi connectivity index (χ2n) is 9.46. The van der Waals surface area contributed by atoms with Crippen molar-refractivity contribution in [2.45, 2.75) is 52.6 Å². The van der Waals surface area contributed by atoms with Crippen LogP contribution in [0, 0.1) is 31.4 Å². The van der Waals surface area contributed by atoms with Crippen molar-refractivity contribution >= 4 is 11.3 Å². The number of benzene rings is 2. The maximum absolute atomic E-state index is 14.1. The van der Waals surface area contributed by atoms with Gasteiger partial charge in [-0.1, -0.05) is 30.3 Å². The van der Waals surface area contributed by atoms with Gasteiger partial charge in [0.2, 0.25) is 5.88 Å². The van der Waals surface area contributed by atoms with Crippen LogP contribution < -0.4 is 4.74 Å². The normalized spacial score (nSPS) is 15.3. The molecule has 0 spiro atoms. The zero-order valence-corrected chi connectivity index (χ0v) is 20.0. The van der Waals surface area contributed by atoms with Crippen molar-refractivity contribution < 1.29 is 18.3 Å². The predicted molar refractivity (Wildman–Crippen MR) is 131 cm³/mol. The van der Waals surface area contributed by atoms with E-state index in [0.29, 0.717) is 35.0 Å². The summed E-state index contributed by atoms with van der Waals surface area (Å²) in [6.45, 7) is 3.43. The Labute approximate surface area is 203 Å². The second kappa shape index (κ2) is 9.61. The Hall–Kier alpha value is -3.54. The molecule has 4 aromatic rings. The third kappa shape index (κ3) is 4.70. The zero-order chi connectivity index (χ0) is 24.5. The lowest BCUT2D eigenvalue weighted by Crippen LogP contribution is -2.15. The van der Waals surface area contributed by atoms with Gasteiger partial charge in [-0.25, -0.2) is 13.3 Å². The molecule has 2 aromatic heterocycles. The van der Waals surface area contributed by atoms with Crippen LogP contribution in [0.15, 0.2) is 54.6 Å². The number of carbonyl (C=O) groups excluding carboxylic acids is 1. The van der Waals surface area contributed by atoms with E-state index < -0.39 is 11.6 Å². The van der Waals surface area contributed by atoms with E-state index in [1.165, 1.54) is 29.3 Å². The van der Waals surface area contributed by atoms with Crippen molar-refractivity contribution in [1.29, 1.82) is 0 Å². The molecule has 1 aliphatic carbocycles. The number of fused-ring (bicyclic) bond motifs is 2. The molecule has 1 aliphatic rings. The third-order valence-corrected chi connectivity index (χ3v) is 6.95. The molecule has 0 bridgehead atoms. The minimum Gasteiger partial charge on any atom is -0.473 e. The Bertz CT molecular complexity index is 1390. The largest absolute Gasteiger partial charge is 0.473 e. The molecule has 0 saturated heterocycles. The average Bonchev–Trinajstić information content (AvgIpc) is 3.17. The Morgan fingerprint density at radius 2 is 1.80 bits per heavy atom. The third-order valence-electron chi connectivity index (χ3n) is 6.95. The molecule has 0 radical (unpaired) electrons. The summed E-state index contributed by atoms with van der Waals surface area (Å²) in [6.07, 6.45) is 4.47. The highest BCUT2D eigenvalue weighted by Crippen LogP contribution is 2.30. The number of aromatic nitrogens is 2. The van der Waals surface area contributed by atoms with Gasteiger partial charge in [0.1, 0.15) is 18.2 Å². The summed E-state index contributed by atoms with van der Waals surface area (Å²) in [4.78, 5) is 13.3. The number of ketones is 1. The number of hydrogen-bond donors (Lipinski definition) is 0. The molecule has 35 heavy (non-hydrogen) atoms. The van der Waals surface area contributed by atoms with Crippen LogP contribution in [0.1, 0.15) is 57.6 Å². The van der Waals surface area contributed by atoms with Gasteiger partial charge in [0.05, 0.1) is 22.3 Å². The summed E-state index contributed by atoms with van der Waals surface area (Å²) >= 11 is 0. The first-order valence-corrected chi connectivity index (χ1v) is 12.1. The van der Waals surface area contributed by atoms with E-state index in [4.69, 9.17) is 4.74 Å². The highest BCUT2D eigenvalue weighted by Gasteiger charge is 2.23. The molecular formula is C29H28F2N2O2. The molecule has 1 unspecified atom stereocenters. The fourth-order valence-electron chi connectivity index (χ4n) is 5.10. The smallest absolute Gasteiger partial charge is 0.215 e. The second-order valence-corrected chi connectivity index (χ2v) is 9.46. The van der Waals surface area contributed by atoms with E-state index in [9.17, 15) is 13.6 Å². The highest BCUT2D eigenvalue weighted by molar-refractivity contribution is 6.03. The summed E-state index contributed by atoms with van der Waals surface area (Å²) in [5.41, 5.74) is 5.42. The minimum atomic E-state index is -0.660. The molecule has 1 atom stereocenters. The maximum Gasteiger partial charge on any atom is 0.215 e. The first kappa shape index (κ1) is 23.2. The van der Waals surface area contributed by atoms with Crippen LogP contribution in [-0.4, -0.2) is 15.4 Å². The van der Waals surface area contributed by atoms with Crippen LogP contribution in [0.5, 0.6) is 5.88 Å². The lowest BCUT2D eigenvalue weighted by atomic mass is 9.81. The van der Waals surface area contributed by atoms with Gasteiger partial charge < -0.3 is 4.74 Å². The van der Waals surface area contributed by atoms with Crippen molar-refractivity contribution in [2.75, 3.05) is 0 Å². The van der Waals surface area contributed by atoms with Gasteiger partial charge in [0.15, 0.2) is 5.78 Å². The number of Topliss-reactive ketones (excluding diaryl/α,β-unsaturated/α-hetero) is 1. The Kier molecular flexibility index (Phi) is 6.37. The van der Waals surface area contributed by atoms with E-state index in [1.54, 1.807) is 10.6 Å². The summed E-state index contributed by atoms with van der Waals surface area (Å²) in [6, 6.07) is 15.9. The number of halogens is 2. The number of aryl methyl sites for hydroxylation is 3. The van der Waals surface area contributed by atoms with Crippen LogP contribution in [0.4, 0.5) is 8.78 Å². The van der Waals surface area contributed by atoms with E-state index in [-0.39, 0.29) is 18.0 Å². The SMILES string of the molecule is Cc1cc(OCc2c(F)cccc2F)n2nc(C)c(C(=O)CCC3CCc4ccccc4C3)c2c1. The van der Waals surface area contributed by atoms with Gasteiger partial charge in [-0.2, -0.15) is 5.10 Å². The lowest BCUT2D eigenvalue weighted by Gasteiger charge is -2.24. The summed E-state index contributed by atoms with van der Waals surface area (Å²) < 4.78 is 35.5. The van der Waals surface area contributed by atoms with Gasteiger partial charge in [-0.05, 0) is 80.3 Å². The van der Waals surface area contributed by atoms with E-state index in [0.717, 1.165) is 31.2 Å². The predicted octanol–water partition coefficient (Wildman–Crippen LogP) is 6.58. The van der Waals surface area contributed by atoms with Crippen LogP contribution in [-0.2, 0) is 19.4 Å². The molecule has 0 amide bonds. The number of nitrogens with zero attached hydrogens (tertiary/aromatic N) is 2. The van der Waals surface area contributed by atoms with Crippen LogP contribution in [0.25, 0.3) is 5.52 Å². The van der Waals surface area contributed by atoms with Gasteiger partial charge in [0, 0.05) is 12.5 Å². The maximum atomic E-state index is 14.1. The molecule has 0 N–H and O–H groups in total. The molecule has 6 heteroatoms. The molecule has 2 aromatic carbocycles. The Morgan fingerprint density at radius 3 is 2.57 bits per heavy atom. The quantitative estimate of drug-likeness (QED) is 0.284. The fourth-order valence-corrected chi connectivity index (χ4v) is 5.10. The first-order valence-electron chi connectivity index (χ1n) is 12.1. The summed E-state index contributed by atoms with van der Waals surface area (Å²) in [5.74, 6) is -0.424. The molecular weight excluding hydrogens is 446 g/mol. The van der Waals surface area contributed by atoms with Gasteiger partial charge in [-0.15, -0.1) is 0 Å². The van der Waals surface area contributed by atoms with E-state index in [1.807, 2.05) is 19.9 Å². The van der Waals surface area contributed by atoms with Crippen LogP contribution in [0.3, 0.4) is 0 Å². The van der Waals surface area contributed by atoms with Gasteiger partial charge >= 0.3 is 0 Å².